The number of fused-ring (bicyclic) bond motifs is 10. The highest BCUT2D eigenvalue weighted by Crippen LogP contribution is 2.43. The average Bonchev–Trinajstić information content (AvgIpc) is 4.09. The van der Waals surface area contributed by atoms with Gasteiger partial charge in [-0.05, 0) is 117 Å². The molecule has 10 aromatic rings. The van der Waals surface area contributed by atoms with E-state index in [9.17, 15) is 5.11 Å². The van der Waals surface area contributed by atoms with Gasteiger partial charge in [0, 0.05) is 78.8 Å². The number of aromatic amines is 1. The van der Waals surface area contributed by atoms with E-state index in [1.165, 1.54) is 21.9 Å². The lowest BCUT2D eigenvalue weighted by atomic mass is 9.86. The van der Waals surface area contributed by atoms with Gasteiger partial charge in [-0.2, -0.15) is 5.10 Å². The molecule has 2 fully saturated rings. The smallest absolute Gasteiger partial charge is 0.100 e. The van der Waals surface area contributed by atoms with E-state index in [-0.39, 0.29) is 12.1 Å². The molecule has 6 aromatic heterocycles. The predicted octanol–water partition coefficient (Wildman–Crippen LogP) is 11.4. The SMILES string of the molecule is Cn1[nH]cc2ccc3nc4cc(Br)cnc4c3c21.Cn1ncc2ccc3c(c4ncc(Br)cc4n3[C@H](c3ccccc3)C3CCOCC3)c21.O[C@@H](c1ccccc1)C1CCOCC1. The van der Waals surface area contributed by atoms with Gasteiger partial charge in [0.2, 0.25) is 0 Å². The molecule has 0 bridgehead atoms. The van der Waals surface area contributed by atoms with E-state index in [0.717, 1.165) is 116 Å². The molecule has 0 spiro atoms. The molecule has 0 amide bonds. The maximum Gasteiger partial charge on any atom is 0.100 e. The number of aliphatic hydroxyl groups excluding tert-OH is 1. The molecule has 8 heterocycles. The molecule has 12 rings (SSSR count). The highest BCUT2D eigenvalue weighted by Gasteiger charge is 2.31. The van der Waals surface area contributed by atoms with Crippen LogP contribution in [-0.2, 0) is 23.6 Å². The standard InChI is InChI=1S/C25H23BrN4O.C13H9BrN4.C12H16O2/c1-29-25-18(14-28-29)7-8-20-22(25)23-21(13-19(26)15-27-23)30(20)24(16-5-3-2-4-6-16)17-9-11-31-12-10-17;1-18-13-7(5-16-18)2-3-9-11(13)12-10(17-9)4-8(14)6-15-12;13-12(10-4-2-1-3-5-10)11-6-8-14-9-7-11/h2-8,13-15,17,24H,9-12H2,1H3;2-6,16H,1H3;1-5,11-13H,6-9H2/t24-;;12-/m1.0/s1. The zero-order valence-corrected chi connectivity index (χ0v) is 38.3. The van der Waals surface area contributed by atoms with Crippen molar-refractivity contribution in [1.29, 1.82) is 0 Å². The lowest BCUT2D eigenvalue weighted by Crippen LogP contribution is -2.26. The maximum atomic E-state index is 10.1. The third-order valence-electron chi connectivity index (χ3n) is 12.7. The van der Waals surface area contributed by atoms with E-state index in [1.807, 2.05) is 90.7 Å². The summed E-state index contributed by atoms with van der Waals surface area (Å²) in [5, 5.41) is 22.4. The molecule has 0 unspecified atom stereocenters. The van der Waals surface area contributed by atoms with Gasteiger partial charge in [-0.25, -0.2) is 4.98 Å². The first-order chi connectivity index (χ1) is 30.8. The van der Waals surface area contributed by atoms with Crippen LogP contribution in [0.15, 0.2) is 131 Å². The van der Waals surface area contributed by atoms with E-state index >= 15 is 0 Å². The summed E-state index contributed by atoms with van der Waals surface area (Å²) in [5.74, 6) is 0.863. The average molecular weight is 969 g/mol. The Morgan fingerprint density at radius 3 is 2.00 bits per heavy atom. The van der Waals surface area contributed by atoms with Gasteiger partial charge < -0.3 is 24.2 Å². The van der Waals surface area contributed by atoms with Gasteiger partial charge in [-0.1, -0.05) is 60.7 Å². The predicted molar refractivity (Wildman–Crippen MR) is 258 cm³/mol. The normalized spacial score (nSPS) is 16.1. The summed E-state index contributed by atoms with van der Waals surface area (Å²) >= 11 is 7.10. The second kappa shape index (κ2) is 18.0. The summed E-state index contributed by atoms with van der Waals surface area (Å²) in [6, 6.07) is 33.7. The second-order valence-electron chi connectivity index (χ2n) is 16.5. The number of benzene rings is 4. The first kappa shape index (κ1) is 41.6. The number of hydrogen-bond donors (Lipinski definition) is 2. The van der Waals surface area contributed by atoms with Gasteiger partial charge in [-0.3, -0.25) is 19.3 Å². The molecule has 11 nitrogen and oxygen atoms in total. The minimum Gasteiger partial charge on any atom is -0.388 e. The van der Waals surface area contributed by atoms with Crippen molar-refractivity contribution in [3.05, 3.63) is 142 Å². The van der Waals surface area contributed by atoms with Crippen LogP contribution in [0.25, 0.3) is 65.7 Å². The largest absolute Gasteiger partial charge is 0.388 e. The molecule has 4 aromatic carbocycles. The maximum absolute atomic E-state index is 10.1. The Morgan fingerprint density at radius 1 is 0.651 bits per heavy atom. The van der Waals surface area contributed by atoms with Crippen LogP contribution >= 0.6 is 31.9 Å². The molecule has 320 valence electrons. The number of rotatable bonds is 5. The van der Waals surface area contributed by atoms with Crippen molar-refractivity contribution in [1.82, 2.24) is 39.1 Å². The number of ether oxygens (including phenoxy) is 2. The molecule has 2 aliphatic heterocycles. The summed E-state index contributed by atoms with van der Waals surface area (Å²) in [6.45, 7) is 3.21. The molecule has 0 radical (unpaired) electrons. The van der Waals surface area contributed by atoms with Gasteiger partial charge in [-0.15, -0.1) is 0 Å². The van der Waals surface area contributed by atoms with Crippen molar-refractivity contribution < 1.29 is 14.6 Å². The number of aryl methyl sites for hydroxylation is 2. The fraction of sp³-hybridized carbons (Fsp3) is 0.280. The molecule has 2 saturated heterocycles. The fourth-order valence-corrected chi connectivity index (χ4v) is 10.3. The summed E-state index contributed by atoms with van der Waals surface area (Å²) in [6.07, 6.45) is 11.4. The van der Waals surface area contributed by atoms with E-state index in [0.29, 0.717) is 11.8 Å². The van der Waals surface area contributed by atoms with Gasteiger partial charge in [0.25, 0.3) is 0 Å². The van der Waals surface area contributed by atoms with Crippen LogP contribution in [0.5, 0.6) is 0 Å². The Morgan fingerprint density at radius 2 is 1.29 bits per heavy atom. The Bertz CT molecular complexity index is 3190. The molecule has 0 aliphatic carbocycles. The van der Waals surface area contributed by atoms with Crippen molar-refractivity contribution in [2.45, 2.75) is 37.8 Å². The number of halogens is 2. The van der Waals surface area contributed by atoms with Crippen LogP contribution in [0.3, 0.4) is 0 Å². The first-order valence-electron chi connectivity index (χ1n) is 21.5. The van der Waals surface area contributed by atoms with E-state index in [1.54, 1.807) is 0 Å². The summed E-state index contributed by atoms with van der Waals surface area (Å²) in [4.78, 5) is 14.0. The molecule has 63 heavy (non-hydrogen) atoms. The molecule has 13 heteroatoms. The number of H-pyrrole nitrogens is 1. The number of aliphatic hydroxyl groups is 1. The zero-order chi connectivity index (χ0) is 43.0. The molecule has 2 atom stereocenters. The second-order valence-corrected chi connectivity index (χ2v) is 18.4. The Kier molecular flexibility index (Phi) is 11.9. The highest BCUT2D eigenvalue weighted by molar-refractivity contribution is 9.10. The number of aromatic nitrogens is 8. The minimum atomic E-state index is -0.319. The third-order valence-corrected chi connectivity index (χ3v) is 13.6. The zero-order valence-electron chi connectivity index (χ0n) is 35.2. The fourth-order valence-electron chi connectivity index (χ4n) is 9.66. The molecule has 2 aliphatic rings. The third kappa shape index (κ3) is 8.06. The molecule has 2 N–H and O–H groups in total. The molecular formula is C50H48Br2N8O3. The van der Waals surface area contributed by atoms with Gasteiger partial charge in [0.05, 0.1) is 67.7 Å². The van der Waals surface area contributed by atoms with Crippen molar-refractivity contribution >= 4 is 97.5 Å². The van der Waals surface area contributed by atoms with Crippen LogP contribution in [-0.4, -0.2) is 70.6 Å². The number of hydrogen-bond acceptors (Lipinski definition) is 7. The number of nitrogens with zero attached hydrogens (tertiary/aromatic N) is 7. The van der Waals surface area contributed by atoms with Crippen molar-refractivity contribution in [2.75, 3.05) is 26.4 Å². The summed E-state index contributed by atoms with van der Waals surface area (Å²) in [7, 11) is 4.01. The van der Waals surface area contributed by atoms with E-state index in [4.69, 9.17) is 14.5 Å². The van der Waals surface area contributed by atoms with Gasteiger partial charge >= 0.3 is 0 Å². The van der Waals surface area contributed by atoms with Gasteiger partial charge in [0.1, 0.15) is 5.52 Å². The molecule has 0 saturated carbocycles. The summed E-state index contributed by atoms with van der Waals surface area (Å²) in [5.41, 5.74) is 10.9. The van der Waals surface area contributed by atoms with Crippen molar-refractivity contribution in [3.8, 4) is 0 Å². The lowest BCUT2D eigenvalue weighted by molar-refractivity contribution is 0.00719. The van der Waals surface area contributed by atoms with Crippen molar-refractivity contribution in [3.63, 3.8) is 0 Å². The van der Waals surface area contributed by atoms with Crippen LogP contribution in [0.4, 0.5) is 0 Å². The topological polar surface area (TPSA) is 121 Å². The minimum absolute atomic E-state index is 0.215. The Balaban J connectivity index is 0.000000124. The van der Waals surface area contributed by atoms with E-state index < -0.39 is 0 Å². The number of pyridine rings is 2. The monoisotopic (exact) mass is 966 g/mol. The quantitative estimate of drug-likeness (QED) is 0.176. The Hall–Kier alpha value is -5.44. The van der Waals surface area contributed by atoms with Crippen molar-refractivity contribution in [2.24, 2.45) is 25.9 Å². The van der Waals surface area contributed by atoms with E-state index in [2.05, 4.69) is 111 Å². The van der Waals surface area contributed by atoms with Crippen LogP contribution in [0.2, 0.25) is 0 Å². The van der Waals surface area contributed by atoms with Crippen LogP contribution < -0.4 is 0 Å². The van der Waals surface area contributed by atoms with Crippen LogP contribution in [0, 0.1) is 11.8 Å². The highest BCUT2D eigenvalue weighted by atomic mass is 79.9. The summed E-state index contributed by atoms with van der Waals surface area (Å²) < 4.78 is 19.4. The number of nitrogens with one attached hydrogen (secondary N) is 1. The van der Waals surface area contributed by atoms with Gasteiger partial charge in [0.15, 0.2) is 0 Å². The Labute approximate surface area is 381 Å². The van der Waals surface area contributed by atoms with Crippen LogP contribution in [0.1, 0.15) is 49.0 Å². The first-order valence-corrected chi connectivity index (χ1v) is 23.1. The molecular weight excluding hydrogens is 920 g/mol. The lowest BCUT2D eigenvalue weighted by Gasteiger charge is -2.33.